The van der Waals surface area contributed by atoms with E-state index >= 15 is 0 Å². The third-order valence-electron chi connectivity index (χ3n) is 1.38. The third kappa shape index (κ3) is 2.38. The van der Waals surface area contributed by atoms with Crippen LogP contribution in [0.3, 0.4) is 0 Å². The van der Waals surface area contributed by atoms with E-state index in [0.29, 0.717) is 21.8 Å². The van der Waals surface area contributed by atoms with E-state index < -0.39 is 0 Å². The second-order valence-electron chi connectivity index (χ2n) is 2.29. The normalized spacial score (nSPS) is 10.1. The van der Waals surface area contributed by atoms with Gasteiger partial charge in [-0.2, -0.15) is 0 Å². The van der Waals surface area contributed by atoms with E-state index in [0.717, 1.165) is 6.54 Å². The van der Waals surface area contributed by atoms with E-state index in [1.54, 1.807) is 0 Å². The van der Waals surface area contributed by atoms with E-state index in [1.165, 1.54) is 11.8 Å². The zero-order valence-electron chi connectivity index (χ0n) is 7.47. The molecule has 0 spiro atoms. The van der Waals surface area contributed by atoms with Crippen molar-refractivity contribution in [1.82, 2.24) is 9.97 Å². The highest BCUT2D eigenvalue weighted by atomic mass is 35.5. The molecule has 1 heterocycles. The molecule has 0 radical (unpaired) electrons. The lowest BCUT2D eigenvalue weighted by Crippen LogP contribution is -2.04. The van der Waals surface area contributed by atoms with Crippen molar-refractivity contribution in [1.29, 1.82) is 0 Å². The summed E-state index contributed by atoms with van der Waals surface area (Å²) in [5, 5.41) is 4.03. The smallest absolute Gasteiger partial charge is 0.191 e. The van der Waals surface area contributed by atoms with Crippen LogP contribution in [0.1, 0.15) is 6.92 Å². The molecular formula is C7H11ClN4S. The molecule has 0 aromatic carbocycles. The number of nitrogens with zero attached hydrogens (tertiary/aromatic N) is 2. The lowest BCUT2D eigenvalue weighted by molar-refractivity contribution is 0.970. The minimum absolute atomic E-state index is 0.317. The van der Waals surface area contributed by atoms with Crippen LogP contribution >= 0.6 is 23.4 Å². The van der Waals surface area contributed by atoms with Gasteiger partial charge in [-0.3, -0.25) is 0 Å². The first kappa shape index (κ1) is 10.4. The number of anilines is 2. The number of nitrogen functional groups attached to an aromatic ring is 1. The maximum atomic E-state index is 5.88. The number of nitrogens with two attached hydrogens (primary N) is 1. The predicted octanol–water partition coefficient (Wildman–Crippen LogP) is 1.87. The molecule has 0 fully saturated rings. The van der Waals surface area contributed by atoms with E-state index in [4.69, 9.17) is 17.3 Å². The molecular weight excluding hydrogens is 208 g/mol. The Hall–Kier alpha value is -0.680. The van der Waals surface area contributed by atoms with Gasteiger partial charge in [0.1, 0.15) is 10.8 Å². The predicted molar refractivity (Wildman–Crippen MR) is 57.4 cm³/mol. The zero-order valence-corrected chi connectivity index (χ0v) is 9.04. The van der Waals surface area contributed by atoms with Gasteiger partial charge in [-0.1, -0.05) is 23.4 Å². The van der Waals surface area contributed by atoms with Crippen molar-refractivity contribution < 1.29 is 0 Å². The van der Waals surface area contributed by atoms with Crippen molar-refractivity contribution in [2.45, 2.75) is 12.1 Å². The van der Waals surface area contributed by atoms with Crippen LogP contribution in [-0.4, -0.2) is 22.8 Å². The van der Waals surface area contributed by atoms with Gasteiger partial charge >= 0.3 is 0 Å². The second kappa shape index (κ2) is 4.53. The SMILES string of the molecule is CCNc1nc(SC)nc(N)c1Cl. The van der Waals surface area contributed by atoms with Gasteiger partial charge in [0.15, 0.2) is 11.0 Å². The van der Waals surface area contributed by atoms with Crippen molar-refractivity contribution in [3.63, 3.8) is 0 Å². The summed E-state index contributed by atoms with van der Waals surface area (Å²) in [5.41, 5.74) is 5.59. The van der Waals surface area contributed by atoms with Crippen LogP contribution in [-0.2, 0) is 0 Å². The van der Waals surface area contributed by atoms with Crippen molar-refractivity contribution in [2.24, 2.45) is 0 Å². The van der Waals surface area contributed by atoms with Gasteiger partial charge in [-0.25, -0.2) is 9.97 Å². The summed E-state index contributed by atoms with van der Waals surface area (Å²) in [6.07, 6.45) is 1.89. The summed E-state index contributed by atoms with van der Waals surface area (Å²) in [6.45, 7) is 2.72. The molecule has 3 N–H and O–H groups in total. The van der Waals surface area contributed by atoms with Crippen molar-refractivity contribution in [3.05, 3.63) is 5.02 Å². The molecule has 0 aliphatic rings. The topological polar surface area (TPSA) is 63.8 Å². The molecule has 0 saturated carbocycles. The summed E-state index contributed by atoms with van der Waals surface area (Å²) in [5.74, 6) is 0.915. The lowest BCUT2D eigenvalue weighted by Gasteiger charge is -2.07. The van der Waals surface area contributed by atoms with E-state index in [1.807, 2.05) is 13.2 Å². The highest BCUT2D eigenvalue weighted by molar-refractivity contribution is 7.98. The molecule has 0 aliphatic heterocycles. The number of halogens is 1. The first-order valence-electron chi connectivity index (χ1n) is 3.80. The van der Waals surface area contributed by atoms with Gasteiger partial charge in [0.05, 0.1) is 0 Å². The average molecular weight is 219 g/mol. The lowest BCUT2D eigenvalue weighted by atomic mass is 10.5. The quantitative estimate of drug-likeness (QED) is 0.599. The molecule has 4 nitrogen and oxygen atoms in total. The molecule has 0 bridgehead atoms. The van der Waals surface area contributed by atoms with E-state index in [9.17, 15) is 0 Å². The van der Waals surface area contributed by atoms with Crippen molar-refractivity contribution >= 4 is 35.0 Å². The number of hydrogen-bond donors (Lipinski definition) is 2. The molecule has 0 atom stereocenters. The van der Waals surface area contributed by atoms with Gasteiger partial charge in [0, 0.05) is 6.54 Å². The van der Waals surface area contributed by atoms with Crippen LogP contribution in [0.15, 0.2) is 5.16 Å². The van der Waals surface area contributed by atoms with Crippen LogP contribution in [0, 0.1) is 0 Å². The van der Waals surface area contributed by atoms with Gasteiger partial charge in [-0.15, -0.1) is 0 Å². The van der Waals surface area contributed by atoms with Crippen molar-refractivity contribution in [3.8, 4) is 0 Å². The first-order chi connectivity index (χ1) is 6.19. The Labute approximate surface area is 86.3 Å². The Morgan fingerprint density at radius 1 is 1.54 bits per heavy atom. The second-order valence-corrected chi connectivity index (χ2v) is 3.44. The third-order valence-corrected chi connectivity index (χ3v) is 2.30. The fourth-order valence-electron chi connectivity index (χ4n) is 0.819. The summed E-state index contributed by atoms with van der Waals surface area (Å²) in [6, 6.07) is 0. The van der Waals surface area contributed by atoms with Gasteiger partial charge in [0.2, 0.25) is 0 Å². The summed E-state index contributed by atoms with van der Waals surface area (Å²) < 4.78 is 0. The maximum absolute atomic E-state index is 5.88. The van der Waals surface area contributed by atoms with Crippen LogP contribution in [0.2, 0.25) is 5.02 Å². The average Bonchev–Trinajstić information content (AvgIpc) is 2.13. The Balaban J connectivity index is 3.09. The molecule has 6 heteroatoms. The van der Waals surface area contributed by atoms with Crippen molar-refractivity contribution in [2.75, 3.05) is 23.9 Å². The number of aromatic nitrogens is 2. The Kier molecular flexibility index (Phi) is 3.62. The Morgan fingerprint density at radius 3 is 2.77 bits per heavy atom. The Morgan fingerprint density at radius 2 is 2.23 bits per heavy atom. The fourth-order valence-corrected chi connectivity index (χ4v) is 1.34. The Bertz CT molecular complexity index is 305. The van der Waals surface area contributed by atoms with Crippen LogP contribution in [0.25, 0.3) is 0 Å². The van der Waals surface area contributed by atoms with Crippen LogP contribution in [0.4, 0.5) is 11.6 Å². The minimum Gasteiger partial charge on any atom is -0.382 e. The first-order valence-corrected chi connectivity index (χ1v) is 5.40. The monoisotopic (exact) mass is 218 g/mol. The van der Waals surface area contributed by atoms with Crippen LogP contribution < -0.4 is 11.1 Å². The fraction of sp³-hybridized carbons (Fsp3) is 0.429. The number of thioether (sulfide) groups is 1. The molecule has 0 aliphatic carbocycles. The van der Waals surface area contributed by atoms with E-state index in [-0.39, 0.29) is 0 Å². The summed E-state index contributed by atoms with van der Waals surface area (Å²) in [7, 11) is 0. The largest absolute Gasteiger partial charge is 0.382 e. The molecule has 72 valence electrons. The summed E-state index contributed by atoms with van der Waals surface area (Å²) in [4.78, 5) is 8.16. The number of hydrogen-bond acceptors (Lipinski definition) is 5. The maximum Gasteiger partial charge on any atom is 0.191 e. The highest BCUT2D eigenvalue weighted by Crippen LogP contribution is 2.26. The number of rotatable bonds is 3. The highest BCUT2D eigenvalue weighted by Gasteiger charge is 2.08. The molecule has 1 rings (SSSR count). The minimum atomic E-state index is 0.317. The van der Waals surface area contributed by atoms with Gasteiger partial charge in [-0.05, 0) is 13.2 Å². The van der Waals surface area contributed by atoms with E-state index in [2.05, 4.69) is 15.3 Å². The number of nitrogens with one attached hydrogen (secondary N) is 1. The molecule has 0 unspecified atom stereocenters. The molecule has 1 aromatic heterocycles. The summed E-state index contributed by atoms with van der Waals surface area (Å²) >= 11 is 7.31. The molecule has 0 saturated heterocycles. The molecule has 13 heavy (non-hydrogen) atoms. The van der Waals surface area contributed by atoms with Gasteiger partial charge in [0.25, 0.3) is 0 Å². The van der Waals surface area contributed by atoms with Gasteiger partial charge < -0.3 is 11.1 Å². The molecule has 0 amide bonds. The standard InChI is InChI=1S/C7H11ClN4S/c1-3-10-6-4(8)5(9)11-7(12-6)13-2/h3H2,1-2H3,(H3,9,10,11,12). The van der Waals surface area contributed by atoms with Crippen LogP contribution in [0.5, 0.6) is 0 Å². The molecule has 1 aromatic rings. The zero-order chi connectivity index (χ0) is 9.84.